The molecule has 5 nitrogen and oxygen atoms in total. The highest BCUT2D eigenvalue weighted by Crippen LogP contribution is 2.48. The van der Waals surface area contributed by atoms with Crippen molar-refractivity contribution in [2.75, 3.05) is 13.1 Å². The number of hydrogen-bond acceptors (Lipinski definition) is 3. The molecule has 5 heteroatoms. The predicted octanol–water partition coefficient (Wildman–Crippen LogP) is 0.457. The van der Waals surface area contributed by atoms with E-state index in [1.165, 1.54) is 0 Å². The Hall–Kier alpha value is -1.10. The Balaban J connectivity index is 1.64. The molecular weight excluding hydrogens is 244 g/mol. The van der Waals surface area contributed by atoms with Gasteiger partial charge in [-0.05, 0) is 50.1 Å². The molecule has 1 heterocycles. The van der Waals surface area contributed by atoms with Gasteiger partial charge in [-0.2, -0.15) is 0 Å². The van der Waals surface area contributed by atoms with Crippen LogP contribution in [0.15, 0.2) is 0 Å². The summed E-state index contributed by atoms with van der Waals surface area (Å²) in [5.74, 6) is -0.0351. The van der Waals surface area contributed by atoms with Crippen LogP contribution in [0.1, 0.15) is 26.2 Å². The number of fused-ring (bicyclic) bond motifs is 2. The van der Waals surface area contributed by atoms with E-state index in [-0.39, 0.29) is 29.7 Å². The average Bonchev–Trinajstić information content (AvgIpc) is 2.86. The zero-order valence-corrected chi connectivity index (χ0v) is 11.3. The van der Waals surface area contributed by atoms with Crippen LogP contribution in [0.2, 0.25) is 0 Å². The summed E-state index contributed by atoms with van der Waals surface area (Å²) in [4.78, 5) is 23.6. The number of carboxylic acid groups (broad SMARTS) is 1. The van der Waals surface area contributed by atoms with Crippen molar-refractivity contribution >= 4 is 11.9 Å². The molecule has 3 N–H and O–H groups in total. The molecule has 0 aromatic heterocycles. The summed E-state index contributed by atoms with van der Waals surface area (Å²) in [6.45, 7) is 3.74. The largest absolute Gasteiger partial charge is 0.481 e. The molecule has 106 valence electrons. The summed E-state index contributed by atoms with van der Waals surface area (Å²) >= 11 is 0. The van der Waals surface area contributed by atoms with Gasteiger partial charge in [-0.3, -0.25) is 9.59 Å². The molecule has 0 aromatic carbocycles. The molecule has 3 fully saturated rings. The monoisotopic (exact) mass is 266 g/mol. The number of aliphatic carboxylic acids is 1. The number of amides is 1. The number of hydrogen-bond donors (Lipinski definition) is 3. The predicted molar refractivity (Wildman–Crippen MR) is 69.4 cm³/mol. The first-order chi connectivity index (χ1) is 9.08. The van der Waals surface area contributed by atoms with Gasteiger partial charge in [-0.15, -0.1) is 0 Å². The normalized spacial score (nSPS) is 38.8. The molecule has 3 aliphatic rings. The topological polar surface area (TPSA) is 78.4 Å². The van der Waals surface area contributed by atoms with Crippen molar-refractivity contribution in [3.8, 4) is 0 Å². The van der Waals surface area contributed by atoms with Crippen molar-refractivity contribution in [1.82, 2.24) is 10.6 Å². The van der Waals surface area contributed by atoms with Crippen molar-refractivity contribution in [3.05, 3.63) is 0 Å². The fourth-order valence-electron chi connectivity index (χ4n) is 4.03. The quantitative estimate of drug-likeness (QED) is 0.690. The van der Waals surface area contributed by atoms with E-state index in [2.05, 4.69) is 10.6 Å². The second-order valence-corrected chi connectivity index (χ2v) is 6.44. The SMILES string of the molecule is CC(C(=O)NC1C2CCC(C2)C1C(=O)O)C1CNC1. The van der Waals surface area contributed by atoms with Crippen LogP contribution in [0.25, 0.3) is 0 Å². The minimum absolute atomic E-state index is 0.0187. The van der Waals surface area contributed by atoms with Gasteiger partial charge >= 0.3 is 5.97 Å². The number of nitrogens with one attached hydrogen (secondary N) is 2. The number of rotatable bonds is 4. The molecule has 3 rings (SSSR count). The average molecular weight is 266 g/mol. The van der Waals surface area contributed by atoms with E-state index >= 15 is 0 Å². The fraction of sp³-hybridized carbons (Fsp3) is 0.857. The van der Waals surface area contributed by atoms with Crippen LogP contribution in [-0.2, 0) is 9.59 Å². The van der Waals surface area contributed by atoms with Gasteiger partial charge in [0.15, 0.2) is 0 Å². The van der Waals surface area contributed by atoms with Crippen molar-refractivity contribution < 1.29 is 14.7 Å². The zero-order chi connectivity index (χ0) is 13.6. The summed E-state index contributed by atoms with van der Waals surface area (Å²) in [5, 5.41) is 15.6. The van der Waals surface area contributed by atoms with Crippen LogP contribution in [-0.4, -0.2) is 36.1 Å². The summed E-state index contributed by atoms with van der Waals surface area (Å²) in [6, 6.07) is -0.140. The van der Waals surface area contributed by atoms with Gasteiger partial charge in [0.25, 0.3) is 0 Å². The van der Waals surface area contributed by atoms with Crippen LogP contribution in [0.5, 0.6) is 0 Å². The standard InChI is InChI=1S/C14H22N2O3/c1-7(10-5-15-6-10)13(17)16-12-9-3-2-8(4-9)11(12)14(18)19/h7-12,15H,2-6H2,1H3,(H,16,17)(H,18,19). The third kappa shape index (κ3) is 2.14. The maximum absolute atomic E-state index is 12.2. The summed E-state index contributed by atoms with van der Waals surface area (Å²) in [7, 11) is 0. The Morgan fingerprint density at radius 2 is 1.95 bits per heavy atom. The van der Waals surface area contributed by atoms with Crippen molar-refractivity contribution in [2.24, 2.45) is 29.6 Å². The Morgan fingerprint density at radius 1 is 1.26 bits per heavy atom. The highest BCUT2D eigenvalue weighted by Gasteiger charge is 2.51. The molecule has 2 bridgehead atoms. The van der Waals surface area contributed by atoms with E-state index in [1.807, 2.05) is 6.92 Å². The Kier molecular flexibility index (Phi) is 3.25. The van der Waals surface area contributed by atoms with Crippen molar-refractivity contribution in [1.29, 1.82) is 0 Å². The van der Waals surface area contributed by atoms with Crippen LogP contribution in [0.4, 0.5) is 0 Å². The molecule has 1 saturated heterocycles. The van der Waals surface area contributed by atoms with E-state index in [0.29, 0.717) is 11.8 Å². The third-order valence-corrected chi connectivity index (χ3v) is 5.44. The van der Waals surface area contributed by atoms with Crippen LogP contribution in [0, 0.1) is 29.6 Å². The third-order valence-electron chi connectivity index (χ3n) is 5.44. The van der Waals surface area contributed by atoms with Crippen LogP contribution >= 0.6 is 0 Å². The highest BCUT2D eigenvalue weighted by molar-refractivity contribution is 5.81. The highest BCUT2D eigenvalue weighted by atomic mass is 16.4. The zero-order valence-electron chi connectivity index (χ0n) is 11.3. The second kappa shape index (κ2) is 4.78. The summed E-state index contributed by atoms with van der Waals surface area (Å²) in [5.41, 5.74) is 0. The molecular formula is C14H22N2O3. The Morgan fingerprint density at radius 3 is 2.53 bits per heavy atom. The smallest absolute Gasteiger partial charge is 0.308 e. The van der Waals surface area contributed by atoms with Gasteiger partial charge < -0.3 is 15.7 Å². The molecule has 0 spiro atoms. The van der Waals surface area contributed by atoms with Gasteiger partial charge in [-0.25, -0.2) is 0 Å². The second-order valence-electron chi connectivity index (χ2n) is 6.44. The maximum atomic E-state index is 12.2. The van der Waals surface area contributed by atoms with E-state index in [4.69, 9.17) is 0 Å². The molecule has 19 heavy (non-hydrogen) atoms. The van der Waals surface area contributed by atoms with Gasteiger partial charge in [0.2, 0.25) is 5.91 Å². The lowest BCUT2D eigenvalue weighted by Crippen LogP contribution is -2.53. The molecule has 2 saturated carbocycles. The fourth-order valence-corrected chi connectivity index (χ4v) is 4.03. The molecule has 5 unspecified atom stereocenters. The number of carbonyl (C=O) groups excluding carboxylic acids is 1. The van der Waals surface area contributed by atoms with E-state index in [9.17, 15) is 14.7 Å². The number of carboxylic acids is 1. The van der Waals surface area contributed by atoms with Gasteiger partial charge in [0, 0.05) is 12.0 Å². The first kappa shape index (κ1) is 12.9. The maximum Gasteiger partial charge on any atom is 0.308 e. The minimum atomic E-state index is -0.740. The van der Waals surface area contributed by atoms with E-state index in [1.54, 1.807) is 0 Å². The molecule has 5 atom stereocenters. The molecule has 0 radical (unpaired) electrons. The summed E-state index contributed by atoms with van der Waals surface area (Å²) < 4.78 is 0. The lowest BCUT2D eigenvalue weighted by Gasteiger charge is -2.34. The van der Waals surface area contributed by atoms with E-state index in [0.717, 1.165) is 32.4 Å². The summed E-state index contributed by atoms with van der Waals surface area (Å²) in [6.07, 6.45) is 3.05. The van der Waals surface area contributed by atoms with Crippen LogP contribution in [0.3, 0.4) is 0 Å². The number of carbonyl (C=O) groups is 2. The molecule has 0 aromatic rings. The Bertz CT molecular complexity index is 394. The minimum Gasteiger partial charge on any atom is -0.481 e. The van der Waals surface area contributed by atoms with Crippen molar-refractivity contribution in [3.63, 3.8) is 0 Å². The molecule has 1 aliphatic heterocycles. The van der Waals surface area contributed by atoms with Crippen molar-refractivity contribution in [2.45, 2.75) is 32.2 Å². The lowest BCUT2D eigenvalue weighted by molar-refractivity contribution is -0.145. The van der Waals surface area contributed by atoms with Gasteiger partial charge in [0.1, 0.15) is 0 Å². The van der Waals surface area contributed by atoms with Gasteiger partial charge in [0.05, 0.1) is 5.92 Å². The molecule has 2 aliphatic carbocycles. The molecule has 1 amide bonds. The lowest BCUT2D eigenvalue weighted by atomic mass is 9.83. The Labute approximate surface area is 113 Å². The van der Waals surface area contributed by atoms with Crippen LogP contribution < -0.4 is 10.6 Å². The van der Waals surface area contributed by atoms with E-state index < -0.39 is 5.97 Å². The van der Waals surface area contributed by atoms with Gasteiger partial charge in [-0.1, -0.05) is 6.92 Å². The first-order valence-corrected chi connectivity index (χ1v) is 7.32. The first-order valence-electron chi connectivity index (χ1n) is 7.32.